The molecule has 0 atom stereocenters. The van der Waals surface area contributed by atoms with Crippen LogP contribution in [0.15, 0.2) is 0 Å². The molecule has 0 aliphatic carbocycles. The van der Waals surface area contributed by atoms with Gasteiger partial charge in [0.05, 0.1) is 0 Å². The standard InChI is InChI=1S/C6H12OSe/c1-3-4-5-6(8)7-2/h3-5H2,1-2H3. The summed E-state index contributed by atoms with van der Waals surface area (Å²) in [6.45, 7) is 2.17. The predicted octanol–water partition coefficient (Wildman–Crippen LogP) is 1.12. The van der Waals surface area contributed by atoms with E-state index in [1.54, 1.807) is 7.11 Å². The van der Waals surface area contributed by atoms with Crippen LogP contribution in [0.5, 0.6) is 0 Å². The quantitative estimate of drug-likeness (QED) is 0.587. The summed E-state index contributed by atoms with van der Waals surface area (Å²) in [5.74, 6) is 0. The van der Waals surface area contributed by atoms with Gasteiger partial charge in [-0.05, 0) is 0 Å². The number of rotatable bonds is 4. The van der Waals surface area contributed by atoms with Crippen molar-refractivity contribution in [3.05, 3.63) is 0 Å². The van der Waals surface area contributed by atoms with E-state index in [1.807, 2.05) is 0 Å². The van der Waals surface area contributed by atoms with Crippen LogP contribution in [0.1, 0.15) is 26.2 Å². The molecule has 8 heavy (non-hydrogen) atoms. The fraction of sp³-hybridized carbons (Fsp3) is 0.833. The summed E-state index contributed by atoms with van der Waals surface area (Å²) in [5.41, 5.74) is 0. The maximum absolute atomic E-state index is 4.91. The molecule has 0 aromatic rings. The zero-order valence-corrected chi connectivity index (χ0v) is 7.15. The fourth-order valence-electron chi connectivity index (χ4n) is 0.423. The summed E-state index contributed by atoms with van der Waals surface area (Å²) in [6.07, 6.45) is 3.51. The zero-order chi connectivity index (χ0) is 6.41. The molecule has 0 saturated heterocycles. The van der Waals surface area contributed by atoms with Crippen molar-refractivity contribution in [1.82, 2.24) is 0 Å². The van der Waals surface area contributed by atoms with E-state index in [9.17, 15) is 0 Å². The Morgan fingerprint density at radius 2 is 2.25 bits per heavy atom. The number of unbranched alkanes of at least 4 members (excludes halogenated alkanes) is 1. The summed E-state index contributed by atoms with van der Waals surface area (Å²) in [6, 6.07) is 0. The molecule has 0 aromatic carbocycles. The Morgan fingerprint density at radius 1 is 1.62 bits per heavy atom. The predicted molar refractivity (Wildman–Crippen MR) is 37.3 cm³/mol. The number of methoxy groups -OCH3 is 1. The number of hydrogen-bond donors (Lipinski definition) is 0. The molecular weight excluding hydrogens is 167 g/mol. The van der Waals surface area contributed by atoms with E-state index in [0.29, 0.717) is 0 Å². The van der Waals surface area contributed by atoms with Gasteiger partial charge in [0.25, 0.3) is 0 Å². The van der Waals surface area contributed by atoms with Crippen molar-refractivity contribution in [3.8, 4) is 0 Å². The van der Waals surface area contributed by atoms with Gasteiger partial charge in [-0.25, -0.2) is 0 Å². The SMILES string of the molecule is CCCCC(=[Se])OC. The Hall–Kier alpha value is 0.189. The molecular formula is C6H12OSe. The molecule has 0 aliphatic rings. The Bertz CT molecular complexity index is 70.9. The van der Waals surface area contributed by atoms with Gasteiger partial charge in [-0.3, -0.25) is 0 Å². The minimum atomic E-state index is 1.02. The van der Waals surface area contributed by atoms with Gasteiger partial charge in [0.15, 0.2) is 0 Å². The average molecular weight is 179 g/mol. The number of ether oxygens (including phenoxy) is 1. The van der Waals surface area contributed by atoms with Crippen molar-refractivity contribution < 1.29 is 4.74 Å². The van der Waals surface area contributed by atoms with Gasteiger partial charge in [0, 0.05) is 0 Å². The van der Waals surface area contributed by atoms with Crippen LogP contribution in [0.4, 0.5) is 0 Å². The third kappa shape index (κ3) is 4.35. The van der Waals surface area contributed by atoms with Gasteiger partial charge in [-0.15, -0.1) is 0 Å². The first-order chi connectivity index (χ1) is 3.81. The molecule has 0 aromatic heterocycles. The maximum atomic E-state index is 4.91. The van der Waals surface area contributed by atoms with Gasteiger partial charge in [0.1, 0.15) is 0 Å². The van der Waals surface area contributed by atoms with Crippen molar-refractivity contribution in [3.63, 3.8) is 0 Å². The second-order valence-electron chi connectivity index (χ2n) is 1.68. The van der Waals surface area contributed by atoms with Crippen LogP contribution < -0.4 is 0 Å². The first kappa shape index (κ1) is 8.19. The Morgan fingerprint density at radius 3 is 2.62 bits per heavy atom. The van der Waals surface area contributed by atoms with Crippen molar-refractivity contribution in [1.29, 1.82) is 0 Å². The Balaban J connectivity index is 2.99. The normalized spacial score (nSPS) is 8.75. The summed E-state index contributed by atoms with van der Waals surface area (Å²) < 4.78 is 5.93. The topological polar surface area (TPSA) is 9.23 Å². The van der Waals surface area contributed by atoms with E-state index >= 15 is 0 Å². The third-order valence-corrected chi connectivity index (χ3v) is 1.74. The fourth-order valence-corrected chi connectivity index (χ4v) is 0.726. The van der Waals surface area contributed by atoms with Crippen molar-refractivity contribution in [2.75, 3.05) is 7.11 Å². The van der Waals surface area contributed by atoms with Crippen molar-refractivity contribution in [2.45, 2.75) is 26.2 Å². The van der Waals surface area contributed by atoms with E-state index in [-0.39, 0.29) is 0 Å². The monoisotopic (exact) mass is 180 g/mol. The molecule has 0 radical (unpaired) electrons. The zero-order valence-electron chi connectivity index (χ0n) is 5.44. The van der Waals surface area contributed by atoms with Crippen molar-refractivity contribution >= 4 is 20.2 Å². The van der Waals surface area contributed by atoms with E-state index in [1.165, 1.54) is 12.8 Å². The summed E-state index contributed by atoms with van der Waals surface area (Å²) >= 11 is 2.86. The van der Waals surface area contributed by atoms with Crippen LogP contribution in [0.25, 0.3) is 0 Å². The molecule has 0 rings (SSSR count). The molecule has 0 bridgehead atoms. The van der Waals surface area contributed by atoms with E-state index in [4.69, 9.17) is 4.74 Å². The van der Waals surface area contributed by atoms with E-state index < -0.39 is 0 Å². The van der Waals surface area contributed by atoms with E-state index in [0.717, 1.165) is 11.0 Å². The van der Waals surface area contributed by atoms with E-state index in [2.05, 4.69) is 22.5 Å². The molecule has 0 fully saturated rings. The Kier molecular flexibility index (Phi) is 5.45. The molecule has 0 saturated carbocycles. The van der Waals surface area contributed by atoms with Gasteiger partial charge < -0.3 is 0 Å². The van der Waals surface area contributed by atoms with Crippen LogP contribution in [0, 0.1) is 0 Å². The molecule has 2 heteroatoms. The molecule has 1 nitrogen and oxygen atoms in total. The molecule has 0 spiro atoms. The van der Waals surface area contributed by atoms with Gasteiger partial charge >= 0.3 is 58.2 Å². The van der Waals surface area contributed by atoms with Crippen LogP contribution in [0.2, 0.25) is 0 Å². The van der Waals surface area contributed by atoms with Crippen molar-refractivity contribution in [2.24, 2.45) is 0 Å². The van der Waals surface area contributed by atoms with Crippen LogP contribution in [0.3, 0.4) is 0 Å². The van der Waals surface area contributed by atoms with Crippen LogP contribution >= 0.6 is 0 Å². The first-order valence-electron chi connectivity index (χ1n) is 2.88. The summed E-state index contributed by atoms with van der Waals surface area (Å²) in [7, 11) is 1.70. The Labute approximate surface area is 58.8 Å². The molecule has 0 amide bonds. The summed E-state index contributed by atoms with van der Waals surface area (Å²) in [5, 5.41) is 0. The van der Waals surface area contributed by atoms with Gasteiger partial charge in [-0.2, -0.15) is 0 Å². The number of hydrogen-bond acceptors (Lipinski definition) is 1. The first-order valence-corrected chi connectivity index (χ1v) is 3.73. The van der Waals surface area contributed by atoms with Gasteiger partial charge in [-0.1, -0.05) is 0 Å². The third-order valence-electron chi connectivity index (χ3n) is 0.962. The van der Waals surface area contributed by atoms with Crippen LogP contribution in [-0.4, -0.2) is 27.3 Å². The molecule has 0 N–H and O–H groups in total. The summed E-state index contributed by atoms with van der Waals surface area (Å²) in [4.78, 5) is 0. The van der Waals surface area contributed by atoms with Gasteiger partial charge in [0.2, 0.25) is 0 Å². The second kappa shape index (κ2) is 5.33. The molecule has 48 valence electrons. The van der Waals surface area contributed by atoms with Crippen LogP contribution in [-0.2, 0) is 4.74 Å². The molecule has 0 heterocycles. The molecule has 0 aliphatic heterocycles. The second-order valence-corrected chi connectivity index (χ2v) is 2.64. The minimum absolute atomic E-state index is 1.02. The average Bonchev–Trinajstić information content (AvgIpc) is 1.83. The molecule has 0 unspecified atom stereocenters.